The van der Waals surface area contributed by atoms with Crippen LogP contribution in [0.3, 0.4) is 0 Å². The highest BCUT2D eigenvalue weighted by Gasteiger charge is 2.39. The lowest BCUT2D eigenvalue weighted by Gasteiger charge is -2.42. The van der Waals surface area contributed by atoms with E-state index >= 15 is 0 Å². The van der Waals surface area contributed by atoms with Crippen molar-refractivity contribution < 1.29 is 19.4 Å². The molecule has 0 radical (unpaired) electrons. The minimum Gasteiger partial charge on any atom is -0.507 e. The third kappa shape index (κ3) is 5.73. The number of hydrogen-bond donors (Lipinski definition) is 3. The molecule has 2 heterocycles. The molecule has 7 nitrogen and oxygen atoms in total. The van der Waals surface area contributed by atoms with E-state index in [1.54, 1.807) is 0 Å². The number of benzene rings is 2. The van der Waals surface area contributed by atoms with Gasteiger partial charge in [0.2, 0.25) is 5.91 Å². The van der Waals surface area contributed by atoms with Gasteiger partial charge in [0.15, 0.2) is 0 Å². The fraction of sp³-hybridized carbons (Fsp3) is 0.448. The number of phenolic OH excluding ortho intramolecular Hbond substituents is 1. The Bertz CT molecular complexity index is 1180. The van der Waals surface area contributed by atoms with E-state index in [2.05, 4.69) is 63.3 Å². The van der Waals surface area contributed by atoms with Gasteiger partial charge in [-0.25, -0.2) is 4.79 Å². The Kier molecular flexibility index (Phi) is 7.41. The zero-order valence-corrected chi connectivity index (χ0v) is 21.7. The van der Waals surface area contributed by atoms with Crippen LogP contribution in [0.4, 0.5) is 4.79 Å². The topological polar surface area (TPSA) is 105 Å². The number of nitrogens with zero attached hydrogens (tertiary/aromatic N) is 1. The van der Waals surface area contributed by atoms with Gasteiger partial charge < -0.3 is 15.6 Å². The maximum absolute atomic E-state index is 12.1. The lowest BCUT2D eigenvalue weighted by atomic mass is 9.80. The number of rotatable bonds is 7. The van der Waals surface area contributed by atoms with Crippen LogP contribution in [0.1, 0.15) is 68.2 Å². The second-order valence-corrected chi connectivity index (χ2v) is 10.6. The molecular weight excluding hydrogens is 454 g/mol. The number of urea groups is 1. The minimum absolute atomic E-state index is 0.0627. The van der Waals surface area contributed by atoms with Crippen molar-refractivity contribution in [2.75, 3.05) is 19.6 Å². The molecule has 0 bridgehead atoms. The Morgan fingerprint density at radius 3 is 2.64 bits per heavy atom. The van der Waals surface area contributed by atoms with Crippen LogP contribution in [0.15, 0.2) is 42.0 Å². The van der Waals surface area contributed by atoms with Crippen LogP contribution in [0, 0.1) is 6.92 Å². The summed E-state index contributed by atoms with van der Waals surface area (Å²) in [7, 11) is 0. The summed E-state index contributed by atoms with van der Waals surface area (Å²) >= 11 is 0. The first-order chi connectivity index (χ1) is 17.0. The van der Waals surface area contributed by atoms with E-state index < -0.39 is 17.5 Å². The van der Waals surface area contributed by atoms with Crippen molar-refractivity contribution >= 4 is 17.5 Å². The zero-order valence-electron chi connectivity index (χ0n) is 21.7. The standard InChI is InChI=1S/C29H37N3O4/c1-18-8-10-20(11-9-18)7-5-6-19(2)21-14-24(33)27-22-16-32(17-26(34)31-28(30)35)13-12-23(22)29(3,4)36-25(27)15-21/h8-11,14-15,19,33H,5-7,12-13,16-17H2,1-4H3,(H3,30,31,34,35). The molecule has 7 heteroatoms. The number of primary amides is 1. The third-order valence-corrected chi connectivity index (χ3v) is 7.34. The van der Waals surface area contributed by atoms with Gasteiger partial charge >= 0.3 is 6.03 Å². The molecular formula is C29H37N3O4. The molecule has 0 spiro atoms. The number of carbonyl (C=O) groups excluding carboxylic acids is 2. The summed E-state index contributed by atoms with van der Waals surface area (Å²) in [6, 6.07) is 11.8. The summed E-state index contributed by atoms with van der Waals surface area (Å²) in [5, 5.41) is 13.3. The van der Waals surface area contributed by atoms with Crippen molar-refractivity contribution in [1.82, 2.24) is 10.2 Å². The molecule has 2 aromatic carbocycles. The van der Waals surface area contributed by atoms with Gasteiger partial charge in [0.25, 0.3) is 0 Å². The lowest BCUT2D eigenvalue weighted by Crippen LogP contribution is -2.46. The molecule has 0 saturated heterocycles. The lowest BCUT2D eigenvalue weighted by molar-refractivity contribution is -0.121. The van der Waals surface area contributed by atoms with Gasteiger partial charge in [-0.3, -0.25) is 15.0 Å². The highest BCUT2D eigenvalue weighted by atomic mass is 16.5. The van der Waals surface area contributed by atoms with Crippen molar-refractivity contribution in [2.24, 2.45) is 5.73 Å². The van der Waals surface area contributed by atoms with Crippen LogP contribution in [0.2, 0.25) is 0 Å². The smallest absolute Gasteiger partial charge is 0.318 e. The number of fused-ring (bicyclic) bond motifs is 2. The van der Waals surface area contributed by atoms with Crippen LogP contribution in [-0.2, 0) is 11.2 Å². The molecule has 0 aliphatic carbocycles. The number of amides is 3. The summed E-state index contributed by atoms with van der Waals surface area (Å²) in [5.74, 6) is 0.730. The van der Waals surface area contributed by atoms with Crippen LogP contribution < -0.4 is 15.8 Å². The number of ether oxygens (including phenoxy) is 1. The molecule has 36 heavy (non-hydrogen) atoms. The van der Waals surface area contributed by atoms with Gasteiger partial charge in [-0.15, -0.1) is 0 Å². The number of nitrogens with two attached hydrogens (primary N) is 1. The van der Waals surface area contributed by atoms with E-state index in [1.165, 1.54) is 11.1 Å². The first kappa shape index (κ1) is 25.8. The van der Waals surface area contributed by atoms with E-state index in [4.69, 9.17) is 10.5 Å². The number of nitrogens with one attached hydrogen (secondary N) is 1. The van der Waals surface area contributed by atoms with E-state index in [0.29, 0.717) is 30.8 Å². The molecule has 0 aromatic heterocycles. The second kappa shape index (κ2) is 10.3. The van der Waals surface area contributed by atoms with Crippen molar-refractivity contribution in [3.8, 4) is 11.5 Å². The summed E-state index contributed by atoms with van der Waals surface area (Å²) in [6.45, 7) is 9.60. The predicted molar refractivity (Wildman–Crippen MR) is 141 cm³/mol. The van der Waals surface area contributed by atoms with E-state index in [-0.39, 0.29) is 18.2 Å². The Balaban J connectivity index is 1.51. The number of aryl methyl sites for hydroxylation is 2. The van der Waals surface area contributed by atoms with Gasteiger partial charge in [0.05, 0.1) is 12.1 Å². The summed E-state index contributed by atoms with van der Waals surface area (Å²) in [6.07, 6.45) is 3.81. The Hall–Kier alpha value is -3.32. The maximum Gasteiger partial charge on any atom is 0.318 e. The Labute approximate surface area is 213 Å². The molecule has 0 fully saturated rings. The number of hydrogen-bond acceptors (Lipinski definition) is 5. The molecule has 2 aliphatic rings. The quantitative estimate of drug-likeness (QED) is 0.523. The molecule has 1 unspecified atom stereocenters. The number of carbonyl (C=O) groups is 2. The van der Waals surface area contributed by atoms with Crippen molar-refractivity contribution in [2.45, 2.75) is 64.9 Å². The number of imide groups is 1. The average molecular weight is 492 g/mol. The average Bonchev–Trinajstić information content (AvgIpc) is 2.78. The van der Waals surface area contributed by atoms with E-state index in [9.17, 15) is 14.7 Å². The second-order valence-electron chi connectivity index (χ2n) is 10.6. The molecule has 0 saturated carbocycles. The minimum atomic E-state index is -0.854. The summed E-state index contributed by atoms with van der Waals surface area (Å²) in [4.78, 5) is 25.1. The summed E-state index contributed by atoms with van der Waals surface area (Å²) < 4.78 is 6.44. The fourth-order valence-electron chi connectivity index (χ4n) is 5.39. The largest absolute Gasteiger partial charge is 0.507 e. The summed E-state index contributed by atoms with van der Waals surface area (Å²) in [5.41, 5.74) is 11.1. The van der Waals surface area contributed by atoms with Gasteiger partial charge in [-0.05, 0) is 86.8 Å². The van der Waals surface area contributed by atoms with Gasteiger partial charge in [0, 0.05) is 13.1 Å². The van der Waals surface area contributed by atoms with E-state index in [0.717, 1.165) is 36.0 Å². The van der Waals surface area contributed by atoms with E-state index in [1.807, 2.05) is 11.0 Å². The fourth-order valence-corrected chi connectivity index (χ4v) is 5.39. The van der Waals surface area contributed by atoms with Gasteiger partial charge in [-0.2, -0.15) is 0 Å². The molecule has 4 N–H and O–H groups in total. The first-order valence-corrected chi connectivity index (χ1v) is 12.7. The monoisotopic (exact) mass is 491 g/mol. The third-order valence-electron chi connectivity index (χ3n) is 7.34. The predicted octanol–water partition coefficient (Wildman–Crippen LogP) is 4.65. The Morgan fingerprint density at radius 1 is 1.22 bits per heavy atom. The zero-order chi connectivity index (χ0) is 26.0. The number of aromatic hydroxyl groups is 1. The van der Waals surface area contributed by atoms with Crippen molar-refractivity contribution in [1.29, 1.82) is 0 Å². The normalized spacial score (nSPS) is 17.6. The van der Waals surface area contributed by atoms with Gasteiger partial charge in [0.1, 0.15) is 17.1 Å². The Morgan fingerprint density at radius 2 is 1.94 bits per heavy atom. The molecule has 1 atom stereocenters. The molecule has 3 amide bonds. The van der Waals surface area contributed by atoms with Crippen molar-refractivity contribution in [3.05, 3.63) is 64.2 Å². The highest BCUT2D eigenvalue weighted by molar-refractivity contribution is 5.94. The molecule has 4 rings (SSSR count). The van der Waals surface area contributed by atoms with Gasteiger partial charge in [-0.1, -0.05) is 36.8 Å². The molecule has 192 valence electrons. The van der Waals surface area contributed by atoms with Crippen molar-refractivity contribution in [3.63, 3.8) is 0 Å². The SMILES string of the molecule is Cc1ccc(CCCC(C)c2cc(O)c3c(c2)OC(C)(C)C2=C3CN(CC(=O)NC(N)=O)CC2)cc1. The molecule has 2 aromatic rings. The first-order valence-electron chi connectivity index (χ1n) is 12.7. The number of phenols is 1. The van der Waals surface area contributed by atoms with Crippen LogP contribution in [-0.4, -0.2) is 47.2 Å². The highest BCUT2D eigenvalue weighted by Crippen LogP contribution is 2.49. The molecule has 2 aliphatic heterocycles. The van der Waals surface area contributed by atoms with Crippen LogP contribution in [0.5, 0.6) is 11.5 Å². The van der Waals surface area contributed by atoms with Crippen LogP contribution in [0.25, 0.3) is 5.57 Å². The maximum atomic E-state index is 12.1. The van der Waals surface area contributed by atoms with Crippen LogP contribution >= 0.6 is 0 Å².